The van der Waals surface area contributed by atoms with E-state index in [1.165, 1.54) is 16.7 Å². The number of piperidine rings is 1. The maximum absolute atomic E-state index is 4.42. The smallest absolute Gasteiger partial charge is 0.191 e. The van der Waals surface area contributed by atoms with E-state index >= 15 is 0 Å². The van der Waals surface area contributed by atoms with Gasteiger partial charge < -0.3 is 15.2 Å². The molecule has 1 aliphatic heterocycles. The van der Waals surface area contributed by atoms with Gasteiger partial charge in [-0.1, -0.05) is 54.6 Å². The summed E-state index contributed by atoms with van der Waals surface area (Å²) in [5, 5.41) is 7.06. The van der Waals surface area contributed by atoms with Crippen molar-refractivity contribution in [3.63, 3.8) is 0 Å². The van der Waals surface area contributed by atoms with E-state index in [2.05, 4.69) is 84.7 Å². The third kappa shape index (κ3) is 7.34. The number of halogens is 1. The Hall–Kier alpha value is -2.39. The van der Waals surface area contributed by atoms with Gasteiger partial charge in [0.05, 0.1) is 6.33 Å². The van der Waals surface area contributed by atoms with Crippen LogP contribution in [0.25, 0.3) is 0 Å². The fourth-order valence-corrected chi connectivity index (χ4v) is 4.00. The maximum atomic E-state index is 4.42. The van der Waals surface area contributed by atoms with Crippen LogP contribution >= 0.6 is 24.0 Å². The Morgan fingerprint density at radius 1 is 0.969 bits per heavy atom. The molecule has 2 N–H and O–H groups in total. The lowest BCUT2D eigenvalue weighted by atomic mass is 10.0. The molecule has 0 unspecified atom stereocenters. The highest BCUT2D eigenvalue weighted by Gasteiger charge is 2.20. The molecule has 0 bridgehead atoms. The van der Waals surface area contributed by atoms with Crippen molar-refractivity contribution >= 4 is 29.9 Å². The second-order valence-electron chi connectivity index (χ2n) is 8.16. The minimum atomic E-state index is 0. The van der Waals surface area contributed by atoms with Gasteiger partial charge in [0.1, 0.15) is 0 Å². The standard InChI is InChI=1S/C25H32N6.HI/c1-26-25(28-17-21-7-9-23(10-8-21)19-31-16-13-27-20-31)29-24-11-14-30(15-12-24)18-22-5-3-2-4-6-22;/h2-10,13,16,20,24H,11-12,14-15,17-19H2,1H3,(H2,26,28,29);1H. The maximum Gasteiger partial charge on any atom is 0.191 e. The van der Waals surface area contributed by atoms with Gasteiger partial charge in [0, 0.05) is 58.2 Å². The van der Waals surface area contributed by atoms with Gasteiger partial charge >= 0.3 is 0 Å². The third-order valence-corrected chi connectivity index (χ3v) is 5.81. The molecule has 7 heteroatoms. The van der Waals surface area contributed by atoms with Gasteiger partial charge in [0.25, 0.3) is 0 Å². The zero-order valence-electron chi connectivity index (χ0n) is 18.7. The predicted molar refractivity (Wildman–Crippen MR) is 141 cm³/mol. The number of likely N-dealkylation sites (tertiary alicyclic amines) is 1. The number of hydrogen-bond acceptors (Lipinski definition) is 3. The summed E-state index contributed by atoms with van der Waals surface area (Å²) in [6, 6.07) is 19.9. The predicted octanol–water partition coefficient (Wildman–Crippen LogP) is 3.88. The number of nitrogens with zero attached hydrogens (tertiary/aromatic N) is 4. The van der Waals surface area contributed by atoms with E-state index < -0.39 is 0 Å². The molecule has 0 spiro atoms. The summed E-state index contributed by atoms with van der Waals surface area (Å²) >= 11 is 0. The molecule has 3 aromatic rings. The first-order valence-corrected chi connectivity index (χ1v) is 11.1. The molecule has 4 rings (SSSR count). The lowest BCUT2D eigenvalue weighted by Crippen LogP contribution is -2.48. The molecule has 0 aliphatic carbocycles. The Balaban J connectivity index is 0.00000289. The van der Waals surface area contributed by atoms with Crippen LogP contribution in [0.4, 0.5) is 0 Å². The number of rotatable bonds is 7. The topological polar surface area (TPSA) is 57.5 Å². The quantitative estimate of drug-likeness (QED) is 0.270. The first-order valence-electron chi connectivity index (χ1n) is 11.1. The molecule has 2 heterocycles. The van der Waals surface area contributed by atoms with E-state index in [1.807, 2.05) is 25.8 Å². The largest absolute Gasteiger partial charge is 0.354 e. The summed E-state index contributed by atoms with van der Waals surface area (Å²) in [5.74, 6) is 0.879. The number of imidazole rings is 1. The minimum absolute atomic E-state index is 0. The van der Waals surface area contributed by atoms with E-state index in [1.54, 1.807) is 0 Å². The molecule has 0 radical (unpaired) electrons. The summed E-state index contributed by atoms with van der Waals surface area (Å²) in [5.41, 5.74) is 3.91. The summed E-state index contributed by atoms with van der Waals surface area (Å²) < 4.78 is 2.07. The highest BCUT2D eigenvalue weighted by atomic mass is 127. The van der Waals surface area contributed by atoms with Crippen molar-refractivity contribution in [3.05, 3.63) is 90.0 Å². The molecule has 6 nitrogen and oxygen atoms in total. The van der Waals surface area contributed by atoms with E-state index in [-0.39, 0.29) is 24.0 Å². The van der Waals surface area contributed by atoms with E-state index in [0.29, 0.717) is 6.04 Å². The molecule has 1 saturated heterocycles. The van der Waals surface area contributed by atoms with Crippen molar-refractivity contribution in [2.24, 2.45) is 4.99 Å². The fraction of sp³-hybridized carbons (Fsp3) is 0.360. The highest BCUT2D eigenvalue weighted by molar-refractivity contribution is 14.0. The minimum Gasteiger partial charge on any atom is -0.354 e. The van der Waals surface area contributed by atoms with Crippen LogP contribution in [0, 0.1) is 0 Å². The van der Waals surface area contributed by atoms with E-state index in [0.717, 1.165) is 51.5 Å². The van der Waals surface area contributed by atoms with Crippen LogP contribution in [0.3, 0.4) is 0 Å². The average molecular weight is 544 g/mol. The number of guanidine groups is 1. The third-order valence-electron chi connectivity index (χ3n) is 5.81. The van der Waals surface area contributed by atoms with Gasteiger partial charge in [0.2, 0.25) is 0 Å². The average Bonchev–Trinajstić information content (AvgIpc) is 3.32. The zero-order valence-corrected chi connectivity index (χ0v) is 21.0. The van der Waals surface area contributed by atoms with Gasteiger partial charge in [-0.2, -0.15) is 0 Å². The number of benzene rings is 2. The van der Waals surface area contributed by atoms with Crippen LogP contribution in [-0.2, 0) is 19.6 Å². The molecule has 0 atom stereocenters. The van der Waals surface area contributed by atoms with Gasteiger partial charge in [0.15, 0.2) is 5.96 Å². The van der Waals surface area contributed by atoms with Crippen LogP contribution in [0.15, 0.2) is 78.3 Å². The molecular formula is C25H33IN6. The van der Waals surface area contributed by atoms with Crippen molar-refractivity contribution in [2.45, 2.75) is 38.5 Å². The number of nitrogens with one attached hydrogen (secondary N) is 2. The molecule has 1 aromatic heterocycles. The summed E-state index contributed by atoms with van der Waals surface area (Å²) in [6.07, 6.45) is 7.91. The van der Waals surface area contributed by atoms with Gasteiger partial charge in [-0.25, -0.2) is 4.98 Å². The van der Waals surface area contributed by atoms with E-state index in [9.17, 15) is 0 Å². The van der Waals surface area contributed by atoms with Crippen molar-refractivity contribution in [2.75, 3.05) is 20.1 Å². The van der Waals surface area contributed by atoms with Crippen molar-refractivity contribution < 1.29 is 0 Å². The second kappa shape index (κ2) is 12.6. The summed E-state index contributed by atoms with van der Waals surface area (Å²) in [7, 11) is 1.84. The molecular weight excluding hydrogens is 511 g/mol. The van der Waals surface area contributed by atoms with Gasteiger partial charge in [-0.3, -0.25) is 9.89 Å². The SMILES string of the molecule is CN=C(NCc1ccc(Cn2ccnc2)cc1)NC1CCN(Cc2ccccc2)CC1.I. The van der Waals surface area contributed by atoms with Crippen molar-refractivity contribution in [1.29, 1.82) is 0 Å². The number of hydrogen-bond donors (Lipinski definition) is 2. The Kier molecular flexibility index (Phi) is 9.55. The van der Waals surface area contributed by atoms with Gasteiger partial charge in [-0.15, -0.1) is 24.0 Å². The number of aromatic nitrogens is 2. The Morgan fingerprint density at radius 3 is 2.31 bits per heavy atom. The zero-order chi connectivity index (χ0) is 21.3. The fourth-order valence-electron chi connectivity index (χ4n) is 4.00. The van der Waals surface area contributed by atoms with E-state index in [4.69, 9.17) is 0 Å². The molecule has 0 amide bonds. The molecule has 0 saturated carbocycles. The lowest BCUT2D eigenvalue weighted by Gasteiger charge is -2.33. The highest BCUT2D eigenvalue weighted by Crippen LogP contribution is 2.14. The van der Waals surface area contributed by atoms with Gasteiger partial charge in [-0.05, 0) is 29.5 Å². The lowest BCUT2D eigenvalue weighted by molar-refractivity contribution is 0.198. The normalized spacial score (nSPS) is 15.2. The Bertz CT molecular complexity index is 932. The van der Waals surface area contributed by atoms with Crippen LogP contribution < -0.4 is 10.6 Å². The molecule has 32 heavy (non-hydrogen) atoms. The Labute approximate surface area is 208 Å². The summed E-state index contributed by atoms with van der Waals surface area (Å²) in [6.45, 7) is 4.87. The summed E-state index contributed by atoms with van der Waals surface area (Å²) in [4.78, 5) is 11.1. The van der Waals surface area contributed by atoms with Crippen molar-refractivity contribution in [3.8, 4) is 0 Å². The molecule has 1 aliphatic rings. The molecule has 170 valence electrons. The first kappa shape index (κ1) is 24.3. The van der Waals surface area contributed by atoms with Crippen LogP contribution in [0.1, 0.15) is 29.5 Å². The molecule has 2 aromatic carbocycles. The second-order valence-corrected chi connectivity index (χ2v) is 8.16. The first-order chi connectivity index (χ1) is 15.3. The Morgan fingerprint density at radius 2 is 1.66 bits per heavy atom. The monoisotopic (exact) mass is 544 g/mol. The van der Waals surface area contributed by atoms with Crippen molar-refractivity contribution in [1.82, 2.24) is 25.1 Å². The van der Waals surface area contributed by atoms with Crippen LogP contribution in [-0.4, -0.2) is 46.6 Å². The number of aliphatic imine (C=N–C) groups is 1. The van der Waals surface area contributed by atoms with Crippen LogP contribution in [0.5, 0.6) is 0 Å². The molecule has 1 fully saturated rings. The van der Waals surface area contributed by atoms with Crippen LogP contribution in [0.2, 0.25) is 0 Å².